The molecule has 2 nitrogen and oxygen atoms in total. The van der Waals surface area contributed by atoms with Gasteiger partial charge in [0.25, 0.3) is 0 Å². The SMILES string of the molecule is C=C1C=CC(=[NH2+])N=C1C. The van der Waals surface area contributed by atoms with Gasteiger partial charge in [-0.3, -0.25) is 5.41 Å². The highest BCUT2D eigenvalue weighted by atomic mass is 14.8. The fourth-order valence-electron chi connectivity index (χ4n) is 0.609. The molecule has 0 spiro atoms. The second-order valence-electron chi connectivity index (χ2n) is 1.98. The van der Waals surface area contributed by atoms with Crippen LogP contribution in [0.3, 0.4) is 0 Å². The predicted molar refractivity (Wildman–Crippen MR) is 38.3 cm³/mol. The lowest BCUT2D eigenvalue weighted by molar-refractivity contribution is -0.113. The van der Waals surface area contributed by atoms with Gasteiger partial charge in [0.05, 0.1) is 0 Å². The summed E-state index contributed by atoms with van der Waals surface area (Å²) in [4.78, 5) is 3.99. The van der Waals surface area contributed by atoms with Gasteiger partial charge in [-0.25, -0.2) is 0 Å². The number of allylic oxidation sites excluding steroid dienone is 2. The van der Waals surface area contributed by atoms with Gasteiger partial charge in [0.2, 0.25) is 0 Å². The highest BCUT2D eigenvalue weighted by Gasteiger charge is 2.09. The maximum atomic E-state index is 5.39. The van der Waals surface area contributed by atoms with E-state index in [1.807, 2.05) is 13.0 Å². The Balaban J connectivity index is 2.95. The summed E-state index contributed by atoms with van der Waals surface area (Å²) in [5.41, 5.74) is 1.83. The maximum absolute atomic E-state index is 5.39. The lowest BCUT2D eigenvalue weighted by Crippen LogP contribution is -2.38. The molecule has 1 aliphatic rings. The summed E-state index contributed by atoms with van der Waals surface area (Å²) >= 11 is 0. The van der Waals surface area contributed by atoms with E-state index in [0.29, 0.717) is 5.84 Å². The van der Waals surface area contributed by atoms with E-state index in [4.69, 9.17) is 5.41 Å². The Morgan fingerprint density at radius 1 is 1.56 bits per heavy atom. The van der Waals surface area contributed by atoms with Crippen molar-refractivity contribution in [3.05, 3.63) is 24.3 Å². The van der Waals surface area contributed by atoms with E-state index in [1.54, 1.807) is 6.08 Å². The second kappa shape index (κ2) is 1.97. The van der Waals surface area contributed by atoms with Gasteiger partial charge in [-0.05, 0) is 11.1 Å². The van der Waals surface area contributed by atoms with Gasteiger partial charge >= 0.3 is 5.84 Å². The van der Waals surface area contributed by atoms with Crippen LogP contribution in [-0.4, -0.2) is 11.5 Å². The third kappa shape index (κ3) is 1.13. The Bertz CT molecular complexity index is 221. The van der Waals surface area contributed by atoms with Crippen LogP contribution in [0.4, 0.5) is 0 Å². The van der Waals surface area contributed by atoms with E-state index in [2.05, 4.69) is 11.6 Å². The van der Waals surface area contributed by atoms with Gasteiger partial charge in [0.15, 0.2) is 5.71 Å². The first-order valence-corrected chi connectivity index (χ1v) is 2.75. The molecule has 0 aromatic carbocycles. The van der Waals surface area contributed by atoms with E-state index < -0.39 is 0 Å². The third-order valence-electron chi connectivity index (χ3n) is 1.22. The van der Waals surface area contributed by atoms with Crippen molar-refractivity contribution < 1.29 is 5.41 Å². The quantitative estimate of drug-likeness (QED) is 0.458. The van der Waals surface area contributed by atoms with Crippen molar-refractivity contribution in [1.82, 2.24) is 0 Å². The number of dihydropyridines is 1. The molecule has 0 aromatic heterocycles. The number of hydrogen-bond acceptors (Lipinski definition) is 0. The number of nitrogens with two attached hydrogens (primary N) is 1. The van der Waals surface area contributed by atoms with Gasteiger partial charge in [0.1, 0.15) is 0 Å². The number of nitrogens with zero attached hydrogens (tertiary/aromatic N) is 1. The molecule has 9 heavy (non-hydrogen) atoms. The monoisotopic (exact) mass is 121 g/mol. The molecule has 0 atom stereocenters. The number of hydrogen-bond donors (Lipinski definition) is 1. The highest BCUT2D eigenvalue weighted by molar-refractivity contribution is 6.11. The summed E-state index contributed by atoms with van der Waals surface area (Å²) in [5, 5.41) is 5.39. The average Bonchev–Trinajstić information content (AvgIpc) is 1.80. The minimum absolute atomic E-state index is 0.555. The van der Waals surface area contributed by atoms with E-state index in [9.17, 15) is 0 Å². The first kappa shape index (κ1) is 5.95. The Labute approximate surface area is 54.1 Å². The molecule has 0 aliphatic carbocycles. The molecular formula is C7H9N2+. The molecular weight excluding hydrogens is 112 g/mol. The molecule has 0 saturated carbocycles. The molecule has 0 unspecified atom stereocenters. The van der Waals surface area contributed by atoms with Crippen LogP contribution in [0.25, 0.3) is 0 Å². The van der Waals surface area contributed by atoms with Crippen molar-refractivity contribution in [3.8, 4) is 0 Å². The number of aliphatic imine (C=N–C) groups is 1. The largest absolute Gasteiger partial charge is 0.314 e. The van der Waals surface area contributed by atoms with Crippen LogP contribution in [0.15, 0.2) is 29.3 Å². The molecule has 1 rings (SSSR count). The fraction of sp³-hybridized carbons (Fsp3) is 0.143. The van der Waals surface area contributed by atoms with Crippen molar-refractivity contribution in [3.63, 3.8) is 0 Å². The highest BCUT2D eigenvalue weighted by Crippen LogP contribution is 2.02. The first-order chi connectivity index (χ1) is 4.20. The first-order valence-electron chi connectivity index (χ1n) is 2.75. The van der Waals surface area contributed by atoms with Crippen molar-refractivity contribution >= 4 is 11.5 Å². The van der Waals surface area contributed by atoms with Crippen LogP contribution >= 0.6 is 0 Å². The molecule has 0 radical (unpaired) electrons. The van der Waals surface area contributed by atoms with E-state index in [0.717, 1.165) is 11.3 Å². The van der Waals surface area contributed by atoms with Crippen molar-refractivity contribution in [2.75, 3.05) is 0 Å². The van der Waals surface area contributed by atoms with Crippen molar-refractivity contribution in [1.29, 1.82) is 0 Å². The Morgan fingerprint density at radius 3 is 2.67 bits per heavy atom. The molecule has 0 bridgehead atoms. The summed E-state index contributed by atoms with van der Waals surface area (Å²) < 4.78 is 0. The summed E-state index contributed by atoms with van der Waals surface area (Å²) in [7, 11) is 0. The Hall–Kier alpha value is -1.18. The molecule has 0 amide bonds. The van der Waals surface area contributed by atoms with Crippen LogP contribution in [0.2, 0.25) is 0 Å². The van der Waals surface area contributed by atoms with E-state index in [-0.39, 0.29) is 0 Å². The summed E-state index contributed by atoms with van der Waals surface area (Å²) in [6.07, 6.45) is 3.60. The maximum Gasteiger partial charge on any atom is 0.314 e. The summed E-state index contributed by atoms with van der Waals surface area (Å²) in [6, 6.07) is 0. The van der Waals surface area contributed by atoms with E-state index >= 15 is 0 Å². The topological polar surface area (TPSA) is 38.0 Å². The molecule has 0 aromatic rings. The predicted octanol–water partition coefficient (Wildman–Crippen LogP) is -0.269. The van der Waals surface area contributed by atoms with Crippen LogP contribution in [0, 0.1) is 0 Å². The van der Waals surface area contributed by atoms with Gasteiger partial charge in [-0.1, -0.05) is 6.58 Å². The van der Waals surface area contributed by atoms with Crippen LogP contribution in [0.1, 0.15) is 6.92 Å². The van der Waals surface area contributed by atoms with Crippen molar-refractivity contribution in [2.24, 2.45) is 4.99 Å². The van der Waals surface area contributed by atoms with Crippen molar-refractivity contribution in [2.45, 2.75) is 6.92 Å². The van der Waals surface area contributed by atoms with Crippen LogP contribution < -0.4 is 5.41 Å². The molecule has 0 fully saturated rings. The normalized spacial score (nSPS) is 18.1. The zero-order valence-electron chi connectivity index (χ0n) is 5.39. The zero-order valence-corrected chi connectivity index (χ0v) is 5.39. The molecule has 1 heterocycles. The zero-order chi connectivity index (χ0) is 6.85. The summed E-state index contributed by atoms with van der Waals surface area (Å²) in [5.74, 6) is 0.555. The minimum Gasteiger partial charge on any atom is -0.284 e. The minimum atomic E-state index is 0.555. The van der Waals surface area contributed by atoms with Crippen LogP contribution in [-0.2, 0) is 0 Å². The molecule has 46 valence electrons. The Kier molecular flexibility index (Phi) is 1.30. The van der Waals surface area contributed by atoms with E-state index in [1.165, 1.54) is 0 Å². The molecule has 0 saturated heterocycles. The second-order valence-corrected chi connectivity index (χ2v) is 1.98. The number of rotatable bonds is 0. The van der Waals surface area contributed by atoms with Gasteiger partial charge in [0, 0.05) is 18.6 Å². The lowest BCUT2D eigenvalue weighted by atomic mass is 10.1. The average molecular weight is 121 g/mol. The summed E-state index contributed by atoms with van der Waals surface area (Å²) in [6.45, 7) is 5.63. The fourth-order valence-corrected chi connectivity index (χ4v) is 0.609. The lowest BCUT2D eigenvalue weighted by Gasteiger charge is -1.95. The third-order valence-corrected chi connectivity index (χ3v) is 1.22. The van der Waals surface area contributed by atoms with Gasteiger partial charge in [-0.15, -0.1) is 0 Å². The van der Waals surface area contributed by atoms with Crippen LogP contribution in [0.5, 0.6) is 0 Å². The smallest absolute Gasteiger partial charge is 0.284 e. The number of amidine groups is 1. The molecule has 1 aliphatic heterocycles. The standard InChI is InChI=1S/C7H8N2/c1-5-3-4-7(8)9-6(5)2/h3-4,8H,1H2,2H3/p+1. The Morgan fingerprint density at radius 2 is 2.22 bits per heavy atom. The molecule has 2 heteroatoms. The molecule has 2 N–H and O–H groups in total. The van der Waals surface area contributed by atoms with Gasteiger partial charge < -0.3 is 0 Å². The van der Waals surface area contributed by atoms with Gasteiger partial charge in [-0.2, -0.15) is 0 Å².